The molecule has 1 fully saturated rings. The van der Waals surface area contributed by atoms with Gasteiger partial charge in [0.1, 0.15) is 0 Å². The van der Waals surface area contributed by atoms with Crippen molar-refractivity contribution in [3.8, 4) is 0 Å². The van der Waals surface area contributed by atoms with Crippen LogP contribution in [0, 0.1) is 6.92 Å². The number of hydrogen-bond acceptors (Lipinski definition) is 3. The van der Waals surface area contributed by atoms with Gasteiger partial charge in [-0.25, -0.2) is 0 Å². The predicted molar refractivity (Wildman–Crippen MR) is 64.3 cm³/mol. The van der Waals surface area contributed by atoms with Gasteiger partial charge in [0.25, 0.3) is 0 Å². The Morgan fingerprint density at radius 3 is 3.06 bits per heavy atom. The highest BCUT2D eigenvalue weighted by molar-refractivity contribution is 5.09. The lowest BCUT2D eigenvalue weighted by Crippen LogP contribution is -2.45. The third-order valence-corrected chi connectivity index (χ3v) is 3.07. The van der Waals surface area contributed by atoms with Crippen molar-refractivity contribution in [1.82, 2.24) is 10.3 Å². The molecule has 2 heterocycles. The summed E-state index contributed by atoms with van der Waals surface area (Å²) in [7, 11) is 0. The standard InChI is InChI=1S/C13H20N2O/c1-11-5-3-6-12(15-11)9-16-13(2)7-4-8-14-10-13/h3,5-6,14H,4,7-10H2,1-2H3. The van der Waals surface area contributed by atoms with E-state index >= 15 is 0 Å². The number of nitrogens with zero attached hydrogens (tertiary/aromatic N) is 1. The monoisotopic (exact) mass is 220 g/mol. The fourth-order valence-electron chi connectivity index (χ4n) is 2.08. The highest BCUT2D eigenvalue weighted by atomic mass is 16.5. The van der Waals surface area contributed by atoms with E-state index in [-0.39, 0.29) is 5.60 Å². The summed E-state index contributed by atoms with van der Waals surface area (Å²) >= 11 is 0. The second-order valence-corrected chi connectivity index (χ2v) is 4.79. The van der Waals surface area contributed by atoms with Crippen molar-refractivity contribution < 1.29 is 4.74 Å². The average Bonchev–Trinajstić information content (AvgIpc) is 2.28. The van der Waals surface area contributed by atoms with Crippen LogP contribution in [0.15, 0.2) is 18.2 Å². The molecule has 0 amide bonds. The van der Waals surface area contributed by atoms with E-state index in [1.165, 1.54) is 6.42 Å². The minimum Gasteiger partial charge on any atom is -0.368 e. The van der Waals surface area contributed by atoms with Crippen LogP contribution >= 0.6 is 0 Å². The van der Waals surface area contributed by atoms with Crippen molar-refractivity contribution in [1.29, 1.82) is 0 Å². The molecule has 0 aliphatic carbocycles. The molecule has 0 aromatic carbocycles. The molecule has 0 radical (unpaired) electrons. The van der Waals surface area contributed by atoms with Crippen LogP contribution in [-0.2, 0) is 11.3 Å². The van der Waals surface area contributed by atoms with Crippen LogP contribution in [0.1, 0.15) is 31.2 Å². The molecular formula is C13H20N2O. The van der Waals surface area contributed by atoms with Gasteiger partial charge >= 0.3 is 0 Å². The van der Waals surface area contributed by atoms with E-state index in [9.17, 15) is 0 Å². The topological polar surface area (TPSA) is 34.1 Å². The Morgan fingerprint density at radius 1 is 1.50 bits per heavy atom. The van der Waals surface area contributed by atoms with Crippen LogP contribution in [0.4, 0.5) is 0 Å². The van der Waals surface area contributed by atoms with E-state index in [0.717, 1.165) is 30.9 Å². The van der Waals surface area contributed by atoms with Crippen molar-refractivity contribution >= 4 is 0 Å². The van der Waals surface area contributed by atoms with E-state index in [1.807, 2.05) is 25.1 Å². The Balaban J connectivity index is 1.91. The Bertz CT molecular complexity index is 346. The molecule has 0 spiro atoms. The van der Waals surface area contributed by atoms with E-state index in [4.69, 9.17) is 4.74 Å². The summed E-state index contributed by atoms with van der Waals surface area (Å²) in [5, 5.41) is 3.38. The molecule has 1 unspecified atom stereocenters. The quantitative estimate of drug-likeness (QED) is 0.846. The maximum atomic E-state index is 5.99. The number of piperidine rings is 1. The van der Waals surface area contributed by atoms with E-state index in [2.05, 4.69) is 17.2 Å². The number of rotatable bonds is 3. The molecule has 1 aromatic heterocycles. The third kappa shape index (κ3) is 3.03. The summed E-state index contributed by atoms with van der Waals surface area (Å²) in [6.07, 6.45) is 2.32. The van der Waals surface area contributed by atoms with Crippen LogP contribution in [0.5, 0.6) is 0 Å². The molecule has 3 nitrogen and oxygen atoms in total. The number of hydrogen-bond donors (Lipinski definition) is 1. The van der Waals surface area contributed by atoms with Gasteiger partial charge in [-0.1, -0.05) is 6.07 Å². The smallest absolute Gasteiger partial charge is 0.0896 e. The Morgan fingerprint density at radius 2 is 2.38 bits per heavy atom. The summed E-state index contributed by atoms with van der Waals surface area (Å²) in [6.45, 7) is 6.85. The molecule has 1 saturated heterocycles. The molecule has 88 valence electrons. The first kappa shape index (κ1) is 11.6. The molecule has 0 bridgehead atoms. The molecule has 1 aliphatic rings. The van der Waals surface area contributed by atoms with Gasteiger partial charge in [0.05, 0.1) is 17.9 Å². The van der Waals surface area contributed by atoms with E-state index < -0.39 is 0 Å². The summed E-state index contributed by atoms with van der Waals surface area (Å²) in [4.78, 5) is 4.44. The van der Waals surface area contributed by atoms with Crippen LogP contribution in [-0.4, -0.2) is 23.7 Å². The lowest BCUT2D eigenvalue weighted by atomic mass is 9.96. The maximum absolute atomic E-state index is 5.99. The summed E-state index contributed by atoms with van der Waals surface area (Å²) in [6, 6.07) is 6.06. The summed E-state index contributed by atoms with van der Waals surface area (Å²) in [5.41, 5.74) is 2.05. The number of ether oxygens (including phenoxy) is 1. The minimum atomic E-state index is -0.0241. The molecule has 1 atom stereocenters. The lowest BCUT2D eigenvalue weighted by Gasteiger charge is -2.34. The normalized spacial score (nSPS) is 25.6. The third-order valence-electron chi connectivity index (χ3n) is 3.07. The SMILES string of the molecule is Cc1cccc(COC2(C)CCCNC2)n1. The van der Waals surface area contributed by atoms with Crippen molar-refractivity contribution in [2.45, 2.75) is 38.9 Å². The zero-order chi connectivity index (χ0) is 11.4. The van der Waals surface area contributed by atoms with Gasteiger partial charge in [0.15, 0.2) is 0 Å². The van der Waals surface area contributed by atoms with Gasteiger partial charge in [-0.15, -0.1) is 0 Å². The highest BCUT2D eigenvalue weighted by Crippen LogP contribution is 2.21. The van der Waals surface area contributed by atoms with Crippen molar-refractivity contribution in [2.75, 3.05) is 13.1 Å². The first-order valence-electron chi connectivity index (χ1n) is 5.95. The molecule has 0 saturated carbocycles. The average molecular weight is 220 g/mol. The van der Waals surface area contributed by atoms with Gasteiger partial charge < -0.3 is 10.1 Å². The minimum absolute atomic E-state index is 0.0241. The molecule has 1 aromatic rings. The van der Waals surface area contributed by atoms with Crippen molar-refractivity contribution in [3.63, 3.8) is 0 Å². The van der Waals surface area contributed by atoms with Crippen molar-refractivity contribution in [3.05, 3.63) is 29.6 Å². The molecule has 16 heavy (non-hydrogen) atoms. The second-order valence-electron chi connectivity index (χ2n) is 4.79. The van der Waals surface area contributed by atoms with Crippen LogP contribution < -0.4 is 5.32 Å². The molecule has 1 N–H and O–H groups in total. The summed E-state index contributed by atoms with van der Waals surface area (Å²) in [5.74, 6) is 0. The largest absolute Gasteiger partial charge is 0.368 e. The number of pyridine rings is 1. The zero-order valence-corrected chi connectivity index (χ0v) is 10.1. The van der Waals surface area contributed by atoms with Crippen molar-refractivity contribution in [2.24, 2.45) is 0 Å². The first-order valence-corrected chi connectivity index (χ1v) is 5.95. The summed E-state index contributed by atoms with van der Waals surface area (Å²) < 4.78 is 5.99. The molecule has 3 heteroatoms. The zero-order valence-electron chi connectivity index (χ0n) is 10.1. The first-order chi connectivity index (χ1) is 7.68. The Labute approximate surface area is 97.2 Å². The maximum Gasteiger partial charge on any atom is 0.0896 e. The van der Waals surface area contributed by atoms with Gasteiger partial charge in [0.2, 0.25) is 0 Å². The van der Waals surface area contributed by atoms with Crippen LogP contribution in [0.3, 0.4) is 0 Å². The lowest BCUT2D eigenvalue weighted by molar-refractivity contribution is -0.0583. The van der Waals surface area contributed by atoms with Crippen LogP contribution in [0.25, 0.3) is 0 Å². The van der Waals surface area contributed by atoms with E-state index in [1.54, 1.807) is 0 Å². The second kappa shape index (κ2) is 4.93. The fraction of sp³-hybridized carbons (Fsp3) is 0.615. The Hall–Kier alpha value is -0.930. The molecule has 2 rings (SSSR count). The van der Waals surface area contributed by atoms with Gasteiger partial charge in [-0.05, 0) is 45.4 Å². The van der Waals surface area contributed by atoms with Gasteiger partial charge in [-0.3, -0.25) is 4.98 Å². The van der Waals surface area contributed by atoms with E-state index in [0.29, 0.717) is 6.61 Å². The van der Waals surface area contributed by atoms with Gasteiger partial charge in [0, 0.05) is 12.2 Å². The van der Waals surface area contributed by atoms with Gasteiger partial charge in [-0.2, -0.15) is 0 Å². The Kier molecular flexibility index (Phi) is 3.56. The molecular weight excluding hydrogens is 200 g/mol. The van der Waals surface area contributed by atoms with Crippen LogP contribution in [0.2, 0.25) is 0 Å². The predicted octanol–water partition coefficient (Wildman–Crippen LogP) is 2.05. The molecule has 1 aliphatic heterocycles. The number of aromatic nitrogens is 1. The highest BCUT2D eigenvalue weighted by Gasteiger charge is 2.27. The number of nitrogens with one attached hydrogen (secondary N) is 1. The number of aryl methyl sites for hydroxylation is 1. The fourth-order valence-corrected chi connectivity index (χ4v) is 2.08.